The van der Waals surface area contributed by atoms with Crippen LogP contribution < -0.4 is 10.5 Å². The number of nitrogens with two attached hydrogens (primary N) is 1. The molecular formula is C17H26Cl2N2O2. The number of likely N-dealkylation sites (tertiary alicyclic amines) is 1. The zero-order valence-electron chi connectivity index (χ0n) is 13.9. The summed E-state index contributed by atoms with van der Waals surface area (Å²) in [6, 6.07) is 5.75. The van der Waals surface area contributed by atoms with E-state index in [4.69, 9.17) is 22.1 Å². The Hall–Kier alpha value is -0.970. The van der Waals surface area contributed by atoms with E-state index in [-0.39, 0.29) is 24.4 Å². The highest BCUT2D eigenvalue weighted by Crippen LogP contribution is 2.27. The molecule has 1 amide bonds. The average molecular weight is 361 g/mol. The van der Waals surface area contributed by atoms with Gasteiger partial charge in [-0.25, -0.2) is 0 Å². The Morgan fingerprint density at radius 1 is 1.35 bits per heavy atom. The van der Waals surface area contributed by atoms with Crippen LogP contribution in [-0.4, -0.2) is 36.0 Å². The molecule has 0 bridgehead atoms. The average Bonchev–Trinajstić information content (AvgIpc) is 2.50. The molecule has 2 rings (SSSR count). The van der Waals surface area contributed by atoms with Crippen LogP contribution in [0.2, 0.25) is 5.02 Å². The second kappa shape index (κ2) is 8.76. The van der Waals surface area contributed by atoms with Crippen LogP contribution in [0.25, 0.3) is 0 Å². The number of ether oxygens (including phenoxy) is 1. The first-order valence-electron chi connectivity index (χ1n) is 7.85. The lowest BCUT2D eigenvalue weighted by Crippen LogP contribution is -2.46. The number of nitrogens with zero attached hydrogens (tertiary/aromatic N) is 1. The van der Waals surface area contributed by atoms with Gasteiger partial charge in [0.25, 0.3) is 5.91 Å². The predicted molar refractivity (Wildman–Crippen MR) is 96.5 cm³/mol. The summed E-state index contributed by atoms with van der Waals surface area (Å²) >= 11 is 6.12. The number of hydrogen-bond acceptors (Lipinski definition) is 3. The van der Waals surface area contributed by atoms with Crippen LogP contribution >= 0.6 is 24.0 Å². The van der Waals surface area contributed by atoms with Crippen molar-refractivity contribution >= 4 is 29.9 Å². The maximum absolute atomic E-state index is 12.5. The maximum atomic E-state index is 12.5. The Bertz CT molecular complexity index is 529. The van der Waals surface area contributed by atoms with Gasteiger partial charge in [0.05, 0.1) is 5.02 Å². The second-order valence-corrected chi connectivity index (χ2v) is 6.62. The van der Waals surface area contributed by atoms with Crippen LogP contribution in [0.1, 0.15) is 32.3 Å². The number of rotatable bonds is 4. The third-order valence-electron chi connectivity index (χ3n) is 4.33. The molecule has 1 saturated heterocycles. The van der Waals surface area contributed by atoms with Gasteiger partial charge in [0.15, 0.2) is 6.10 Å². The Kier molecular flexibility index (Phi) is 7.65. The first kappa shape index (κ1) is 20.1. The van der Waals surface area contributed by atoms with Crippen LogP contribution in [0.15, 0.2) is 18.2 Å². The molecule has 2 atom stereocenters. The summed E-state index contributed by atoms with van der Waals surface area (Å²) in [5.41, 5.74) is 6.99. The first-order valence-corrected chi connectivity index (χ1v) is 8.23. The number of carbonyl (C=O) groups is 1. The van der Waals surface area contributed by atoms with Gasteiger partial charge in [-0.3, -0.25) is 4.79 Å². The highest BCUT2D eigenvalue weighted by atomic mass is 35.5. The summed E-state index contributed by atoms with van der Waals surface area (Å²) in [6.07, 6.45) is 1.38. The molecule has 1 fully saturated rings. The maximum Gasteiger partial charge on any atom is 0.263 e. The minimum atomic E-state index is -0.536. The van der Waals surface area contributed by atoms with E-state index in [1.165, 1.54) is 0 Å². The summed E-state index contributed by atoms with van der Waals surface area (Å²) < 4.78 is 5.77. The lowest BCUT2D eigenvalue weighted by atomic mass is 9.91. The van der Waals surface area contributed by atoms with E-state index >= 15 is 0 Å². The van der Waals surface area contributed by atoms with Gasteiger partial charge < -0.3 is 15.4 Å². The fourth-order valence-corrected chi connectivity index (χ4v) is 3.01. The summed E-state index contributed by atoms with van der Waals surface area (Å²) in [7, 11) is 0. The largest absolute Gasteiger partial charge is 0.479 e. The lowest BCUT2D eigenvalue weighted by molar-refractivity contribution is -0.139. The molecule has 0 saturated carbocycles. The zero-order chi connectivity index (χ0) is 16.3. The van der Waals surface area contributed by atoms with E-state index in [0.717, 1.165) is 31.5 Å². The molecular weight excluding hydrogens is 335 g/mol. The smallest absolute Gasteiger partial charge is 0.263 e. The van der Waals surface area contributed by atoms with E-state index in [9.17, 15) is 4.79 Å². The van der Waals surface area contributed by atoms with Crippen LogP contribution in [0.4, 0.5) is 0 Å². The van der Waals surface area contributed by atoms with Gasteiger partial charge in [-0.1, -0.05) is 17.7 Å². The molecule has 1 aliphatic rings. The van der Waals surface area contributed by atoms with E-state index in [1.807, 2.05) is 30.9 Å². The van der Waals surface area contributed by atoms with Crippen molar-refractivity contribution in [2.45, 2.75) is 45.8 Å². The van der Waals surface area contributed by atoms with Crippen molar-refractivity contribution in [2.75, 3.05) is 13.1 Å². The molecule has 1 aromatic carbocycles. The number of piperidine rings is 1. The molecule has 1 heterocycles. The minimum absolute atomic E-state index is 0. The molecule has 1 aliphatic heterocycles. The fraction of sp³-hybridized carbons (Fsp3) is 0.588. The molecule has 0 aliphatic carbocycles. The molecule has 130 valence electrons. The normalized spacial score (nSPS) is 18.0. The predicted octanol–water partition coefficient (Wildman–Crippen LogP) is 3.42. The van der Waals surface area contributed by atoms with Crippen molar-refractivity contribution in [3.05, 3.63) is 28.8 Å². The van der Waals surface area contributed by atoms with Gasteiger partial charge in [0.1, 0.15) is 5.75 Å². The van der Waals surface area contributed by atoms with E-state index in [0.29, 0.717) is 16.7 Å². The topological polar surface area (TPSA) is 55.6 Å². The fourth-order valence-electron chi connectivity index (χ4n) is 2.84. The van der Waals surface area contributed by atoms with E-state index in [2.05, 4.69) is 0 Å². The summed E-state index contributed by atoms with van der Waals surface area (Å²) in [6.45, 7) is 7.28. The van der Waals surface area contributed by atoms with Gasteiger partial charge in [-0.2, -0.15) is 0 Å². The third-order valence-corrected chi connectivity index (χ3v) is 4.65. The van der Waals surface area contributed by atoms with E-state index in [1.54, 1.807) is 13.0 Å². The van der Waals surface area contributed by atoms with Crippen molar-refractivity contribution in [1.29, 1.82) is 0 Å². The Balaban J connectivity index is 0.00000264. The zero-order valence-corrected chi connectivity index (χ0v) is 15.5. The highest BCUT2D eigenvalue weighted by molar-refractivity contribution is 6.32. The lowest BCUT2D eigenvalue weighted by Gasteiger charge is -2.35. The van der Waals surface area contributed by atoms with Crippen molar-refractivity contribution in [3.8, 4) is 5.75 Å². The third kappa shape index (κ3) is 5.27. The Labute approximate surface area is 149 Å². The number of aryl methyl sites for hydroxylation is 1. The van der Waals surface area contributed by atoms with Crippen LogP contribution in [0, 0.1) is 12.8 Å². The molecule has 2 unspecified atom stereocenters. The van der Waals surface area contributed by atoms with Crippen molar-refractivity contribution in [3.63, 3.8) is 0 Å². The molecule has 0 spiro atoms. The molecule has 1 aromatic rings. The van der Waals surface area contributed by atoms with Gasteiger partial charge in [0, 0.05) is 19.1 Å². The molecule has 0 aromatic heterocycles. The monoisotopic (exact) mass is 360 g/mol. The van der Waals surface area contributed by atoms with Crippen molar-refractivity contribution in [1.82, 2.24) is 4.90 Å². The number of benzene rings is 1. The molecule has 23 heavy (non-hydrogen) atoms. The number of hydrogen-bond donors (Lipinski definition) is 1. The van der Waals surface area contributed by atoms with Gasteiger partial charge in [0.2, 0.25) is 0 Å². The minimum Gasteiger partial charge on any atom is -0.479 e. The standard InChI is InChI=1S/C17H25ClN2O2.ClH/c1-11-4-5-15(18)16(10-11)22-13(3)17(21)20-8-6-14(7-9-20)12(2)19;/h4-5,10,12-14H,6-9,19H2,1-3H3;1H. The second-order valence-electron chi connectivity index (χ2n) is 6.22. The number of carbonyl (C=O) groups excluding carboxylic acids is 1. The highest BCUT2D eigenvalue weighted by Gasteiger charge is 2.28. The van der Waals surface area contributed by atoms with Crippen LogP contribution in [-0.2, 0) is 4.79 Å². The first-order chi connectivity index (χ1) is 10.4. The molecule has 6 heteroatoms. The van der Waals surface area contributed by atoms with E-state index < -0.39 is 6.10 Å². The van der Waals surface area contributed by atoms with Gasteiger partial charge in [-0.05, 0) is 57.2 Å². The van der Waals surface area contributed by atoms with Crippen LogP contribution in [0.3, 0.4) is 0 Å². The number of amides is 1. The summed E-state index contributed by atoms with van der Waals surface area (Å²) in [4.78, 5) is 14.4. The Morgan fingerprint density at radius 2 is 1.96 bits per heavy atom. The summed E-state index contributed by atoms with van der Waals surface area (Å²) in [5.74, 6) is 1.08. The van der Waals surface area contributed by atoms with Crippen LogP contribution in [0.5, 0.6) is 5.75 Å². The number of halogens is 2. The molecule has 4 nitrogen and oxygen atoms in total. The van der Waals surface area contributed by atoms with Crippen molar-refractivity contribution in [2.24, 2.45) is 11.7 Å². The molecule has 0 radical (unpaired) electrons. The SMILES string of the molecule is Cc1ccc(Cl)c(OC(C)C(=O)N2CCC(C(C)N)CC2)c1.Cl. The Morgan fingerprint density at radius 3 is 2.52 bits per heavy atom. The van der Waals surface area contributed by atoms with Crippen molar-refractivity contribution < 1.29 is 9.53 Å². The summed E-state index contributed by atoms with van der Waals surface area (Å²) in [5, 5.41) is 0.529. The van der Waals surface area contributed by atoms with Gasteiger partial charge >= 0.3 is 0 Å². The molecule has 2 N–H and O–H groups in total. The quantitative estimate of drug-likeness (QED) is 0.894. The van der Waals surface area contributed by atoms with Gasteiger partial charge in [-0.15, -0.1) is 12.4 Å².